The fourth-order valence-corrected chi connectivity index (χ4v) is 8.34. The SMILES string of the molecule is c1ccc(-c2cc(-c3ccccc3)nc(-c3cccc4oc5ccc(-c6ccc(-c7ccc8c9c(cccc79)-c7ccccc7-8)cc6)cc5c34)c2)cc1. The molecule has 0 spiro atoms. The Bertz CT molecular complexity index is 2940. The lowest BCUT2D eigenvalue weighted by atomic mass is 9.93. The van der Waals surface area contributed by atoms with E-state index in [4.69, 9.17) is 9.40 Å². The van der Waals surface area contributed by atoms with Gasteiger partial charge in [-0.25, -0.2) is 4.98 Å². The number of benzene rings is 8. The molecule has 1 aliphatic carbocycles. The van der Waals surface area contributed by atoms with Crippen LogP contribution in [-0.4, -0.2) is 4.98 Å². The molecule has 10 aromatic rings. The molecule has 53 heavy (non-hydrogen) atoms. The van der Waals surface area contributed by atoms with Gasteiger partial charge >= 0.3 is 0 Å². The number of nitrogens with zero attached hydrogens (tertiary/aromatic N) is 1. The molecule has 0 amide bonds. The van der Waals surface area contributed by atoms with Crippen molar-refractivity contribution in [2.75, 3.05) is 0 Å². The van der Waals surface area contributed by atoms with Gasteiger partial charge in [-0.15, -0.1) is 0 Å². The Kier molecular flexibility index (Phi) is 6.59. The number of pyridine rings is 1. The summed E-state index contributed by atoms with van der Waals surface area (Å²) in [6, 6.07) is 67.2. The van der Waals surface area contributed by atoms with E-state index in [0.717, 1.165) is 66.7 Å². The third kappa shape index (κ3) is 4.77. The molecule has 0 aliphatic heterocycles. The van der Waals surface area contributed by atoms with Crippen LogP contribution >= 0.6 is 0 Å². The molecule has 1 aliphatic rings. The highest BCUT2D eigenvalue weighted by Crippen LogP contribution is 2.49. The first-order valence-electron chi connectivity index (χ1n) is 18.1. The minimum Gasteiger partial charge on any atom is -0.456 e. The third-order valence-electron chi connectivity index (χ3n) is 10.9. The normalized spacial score (nSPS) is 11.8. The number of hydrogen-bond donors (Lipinski definition) is 0. The predicted octanol–water partition coefficient (Wildman–Crippen LogP) is 14.1. The molecular weight excluding hydrogens is 643 g/mol. The summed E-state index contributed by atoms with van der Waals surface area (Å²) in [5.74, 6) is 0. The van der Waals surface area contributed by atoms with Gasteiger partial charge < -0.3 is 4.42 Å². The molecule has 2 heterocycles. The number of hydrogen-bond acceptors (Lipinski definition) is 2. The summed E-state index contributed by atoms with van der Waals surface area (Å²) < 4.78 is 6.47. The van der Waals surface area contributed by atoms with Gasteiger partial charge in [0.05, 0.1) is 11.4 Å². The Morgan fingerprint density at radius 3 is 1.66 bits per heavy atom. The second-order valence-electron chi connectivity index (χ2n) is 13.9. The average molecular weight is 674 g/mol. The lowest BCUT2D eigenvalue weighted by molar-refractivity contribution is 0.669. The van der Waals surface area contributed by atoms with E-state index >= 15 is 0 Å². The van der Waals surface area contributed by atoms with Crippen molar-refractivity contribution < 1.29 is 4.42 Å². The summed E-state index contributed by atoms with van der Waals surface area (Å²) in [6.45, 7) is 0. The number of furan rings is 1. The van der Waals surface area contributed by atoms with E-state index in [0.29, 0.717) is 0 Å². The van der Waals surface area contributed by atoms with Crippen LogP contribution in [0.2, 0.25) is 0 Å². The second kappa shape index (κ2) is 11.8. The number of aromatic nitrogens is 1. The van der Waals surface area contributed by atoms with Crippen molar-refractivity contribution in [2.24, 2.45) is 0 Å². The zero-order valence-electron chi connectivity index (χ0n) is 28.8. The van der Waals surface area contributed by atoms with E-state index in [1.54, 1.807) is 0 Å². The number of fused-ring (bicyclic) bond motifs is 6. The lowest BCUT2D eigenvalue weighted by Crippen LogP contribution is -1.91. The fourth-order valence-electron chi connectivity index (χ4n) is 8.34. The van der Waals surface area contributed by atoms with E-state index in [2.05, 4.69) is 182 Å². The van der Waals surface area contributed by atoms with Crippen molar-refractivity contribution in [3.8, 4) is 78.1 Å². The largest absolute Gasteiger partial charge is 0.456 e. The van der Waals surface area contributed by atoms with Crippen LogP contribution in [0.15, 0.2) is 192 Å². The Morgan fingerprint density at radius 2 is 0.868 bits per heavy atom. The quantitative estimate of drug-likeness (QED) is 0.182. The topological polar surface area (TPSA) is 26.0 Å². The Balaban J connectivity index is 1.02. The van der Waals surface area contributed by atoms with E-state index in [1.807, 2.05) is 6.07 Å². The smallest absolute Gasteiger partial charge is 0.136 e. The van der Waals surface area contributed by atoms with E-state index in [1.165, 1.54) is 44.2 Å². The summed E-state index contributed by atoms with van der Waals surface area (Å²) in [6.07, 6.45) is 0. The van der Waals surface area contributed by atoms with E-state index in [9.17, 15) is 0 Å². The van der Waals surface area contributed by atoms with Gasteiger partial charge in [-0.05, 0) is 96.7 Å². The summed E-state index contributed by atoms with van der Waals surface area (Å²) in [5.41, 5.74) is 18.1. The second-order valence-corrected chi connectivity index (χ2v) is 13.9. The molecule has 2 aromatic heterocycles. The first-order chi connectivity index (χ1) is 26.3. The van der Waals surface area contributed by atoms with Crippen molar-refractivity contribution >= 4 is 32.7 Å². The molecule has 0 bridgehead atoms. The van der Waals surface area contributed by atoms with Gasteiger partial charge in [0.15, 0.2) is 0 Å². The molecule has 11 rings (SSSR count). The van der Waals surface area contributed by atoms with E-state index in [-0.39, 0.29) is 0 Å². The molecule has 0 atom stereocenters. The molecule has 246 valence electrons. The van der Waals surface area contributed by atoms with E-state index < -0.39 is 0 Å². The maximum Gasteiger partial charge on any atom is 0.136 e. The van der Waals surface area contributed by atoms with Crippen LogP contribution in [0.5, 0.6) is 0 Å². The maximum absolute atomic E-state index is 6.47. The monoisotopic (exact) mass is 673 g/mol. The van der Waals surface area contributed by atoms with Crippen LogP contribution in [0.4, 0.5) is 0 Å². The molecule has 0 saturated carbocycles. The lowest BCUT2D eigenvalue weighted by Gasteiger charge is -2.11. The first-order valence-corrected chi connectivity index (χ1v) is 18.1. The van der Waals surface area contributed by atoms with Crippen molar-refractivity contribution in [3.05, 3.63) is 188 Å². The first kappa shape index (κ1) is 29.7. The van der Waals surface area contributed by atoms with Crippen LogP contribution < -0.4 is 0 Å². The summed E-state index contributed by atoms with van der Waals surface area (Å²) >= 11 is 0. The standard InChI is InChI=1S/C51H31NO/c1-3-11-32(12-4-1)37-30-46(35-13-5-2-6-14-35)52-47(31-37)44-19-10-20-49-51(44)45-29-36(25-28-48(45)53-49)33-21-23-34(24-22-33)38-26-27-43-40-16-8-7-15-39(40)42-18-9-17-41(38)50(42)43/h1-31H. The fraction of sp³-hybridized carbons (Fsp3) is 0. The van der Waals surface area contributed by atoms with Crippen molar-refractivity contribution in [2.45, 2.75) is 0 Å². The Labute approximate surface area is 307 Å². The van der Waals surface area contributed by atoms with Crippen molar-refractivity contribution in [1.82, 2.24) is 4.98 Å². The van der Waals surface area contributed by atoms with Gasteiger partial charge in [-0.2, -0.15) is 0 Å². The van der Waals surface area contributed by atoms with Gasteiger partial charge in [0.1, 0.15) is 11.2 Å². The summed E-state index contributed by atoms with van der Waals surface area (Å²) in [7, 11) is 0. The maximum atomic E-state index is 6.47. The molecule has 0 unspecified atom stereocenters. The van der Waals surface area contributed by atoms with Gasteiger partial charge in [-0.1, -0.05) is 158 Å². The summed E-state index contributed by atoms with van der Waals surface area (Å²) in [5, 5.41) is 4.80. The van der Waals surface area contributed by atoms with Crippen LogP contribution in [0.1, 0.15) is 0 Å². The van der Waals surface area contributed by atoms with Crippen molar-refractivity contribution in [1.29, 1.82) is 0 Å². The zero-order valence-corrected chi connectivity index (χ0v) is 28.8. The van der Waals surface area contributed by atoms with Crippen LogP contribution in [0.25, 0.3) is 111 Å². The molecule has 0 saturated heterocycles. The molecule has 2 nitrogen and oxygen atoms in total. The minimum atomic E-state index is 0.854. The van der Waals surface area contributed by atoms with Crippen molar-refractivity contribution in [3.63, 3.8) is 0 Å². The highest BCUT2D eigenvalue weighted by atomic mass is 16.3. The summed E-state index contributed by atoms with van der Waals surface area (Å²) in [4.78, 5) is 5.26. The third-order valence-corrected chi connectivity index (χ3v) is 10.9. The van der Waals surface area contributed by atoms with Gasteiger partial charge in [0.25, 0.3) is 0 Å². The van der Waals surface area contributed by atoms with Crippen LogP contribution in [-0.2, 0) is 0 Å². The van der Waals surface area contributed by atoms with Gasteiger partial charge in [0.2, 0.25) is 0 Å². The molecule has 2 heteroatoms. The highest BCUT2D eigenvalue weighted by molar-refractivity contribution is 6.19. The molecular formula is C51H31NO. The predicted molar refractivity (Wildman–Crippen MR) is 221 cm³/mol. The Hall–Kier alpha value is -7.03. The Morgan fingerprint density at radius 1 is 0.283 bits per heavy atom. The van der Waals surface area contributed by atoms with Gasteiger partial charge in [-0.3, -0.25) is 0 Å². The zero-order chi connectivity index (χ0) is 34.9. The molecule has 8 aromatic carbocycles. The highest BCUT2D eigenvalue weighted by Gasteiger charge is 2.22. The van der Waals surface area contributed by atoms with Gasteiger partial charge in [0, 0.05) is 21.9 Å². The van der Waals surface area contributed by atoms with Crippen LogP contribution in [0, 0.1) is 0 Å². The molecule has 0 N–H and O–H groups in total. The molecule has 0 radical (unpaired) electrons. The molecule has 0 fully saturated rings. The number of rotatable bonds is 5. The minimum absolute atomic E-state index is 0.854. The van der Waals surface area contributed by atoms with Crippen LogP contribution in [0.3, 0.4) is 0 Å². The average Bonchev–Trinajstić information content (AvgIpc) is 3.78.